The molecule has 1 N–H and O–H groups in total. The Morgan fingerprint density at radius 2 is 2.00 bits per heavy atom. The number of hydrogen-bond acceptors (Lipinski definition) is 2. The van der Waals surface area contributed by atoms with Crippen LogP contribution in [0.5, 0.6) is 0 Å². The second kappa shape index (κ2) is 4.09. The number of aryl methyl sites for hydroxylation is 1. The van der Waals surface area contributed by atoms with E-state index in [2.05, 4.69) is 20.9 Å². The highest BCUT2D eigenvalue weighted by Gasteiger charge is 2.15. The molecule has 0 radical (unpaired) electrons. The molecular formula is C11H9BrN2O2. The van der Waals surface area contributed by atoms with E-state index in [4.69, 9.17) is 5.11 Å². The lowest BCUT2D eigenvalue weighted by Crippen LogP contribution is -2.07. The van der Waals surface area contributed by atoms with Gasteiger partial charge in [-0.05, 0) is 31.2 Å². The molecule has 0 fully saturated rings. The maximum atomic E-state index is 11.1. The number of carboxylic acid groups (broad SMARTS) is 1. The largest absolute Gasteiger partial charge is 0.477 e. The van der Waals surface area contributed by atoms with E-state index in [1.165, 1.54) is 6.33 Å². The molecule has 0 unspecified atom stereocenters. The van der Waals surface area contributed by atoms with Crippen LogP contribution >= 0.6 is 15.9 Å². The Kier molecular flexibility index (Phi) is 2.78. The molecule has 82 valence electrons. The van der Waals surface area contributed by atoms with Crippen LogP contribution in [0.15, 0.2) is 35.1 Å². The van der Waals surface area contributed by atoms with Crippen molar-refractivity contribution in [2.75, 3.05) is 0 Å². The number of halogens is 1. The van der Waals surface area contributed by atoms with Gasteiger partial charge in [0.25, 0.3) is 0 Å². The van der Waals surface area contributed by atoms with Crippen molar-refractivity contribution in [3.05, 3.63) is 46.5 Å². The molecule has 2 rings (SSSR count). The molecule has 16 heavy (non-hydrogen) atoms. The Labute approximate surface area is 101 Å². The smallest absolute Gasteiger partial charge is 0.354 e. The van der Waals surface area contributed by atoms with Crippen molar-refractivity contribution >= 4 is 21.9 Å². The number of benzene rings is 1. The quantitative estimate of drug-likeness (QED) is 0.920. The summed E-state index contributed by atoms with van der Waals surface area (Å²) in [5.41, 5.74) is 1.49. The van der Waals surface area contributed by atoms with E-state index in [-0.39, 0.29) is 5.69 Å². The zero-order valence-corrected chi connectivity index (χ0v) is 10.1. The van der Waals surface area contributed by atoms with Gasteiger partial charge < -0.3 is 5.11 Å². The Hall–Kier alpha value is -1.62. The number of imidazole rings is 1. The van der Waals surface area contributed by atoms with Gasteiger partial charge in [0.05, 0.1) is 5.69 Å². The second-order valence-electron chi connectivity index (χ2n) is 3.33. The highest BCUT2D eigenvalue weighted by atomic mass is 79.9. The molecule has 0 aliphatic carbocycles. The van der Waals surface area contributed by atoms with Crippen LogP contribution in [-0.2, 0) is 0 Å². The predicted octanol–water partition coefficient (Wildman–Crippen LogP) is 2.64. The fraction of sp³-hybridized carbons (Fsp3) is 0.0909. The number of aromatic nitrogens is 2. The van der Waals surface area contributed by atoms with E-state index in [1.54, 1.807) is 11.5 Å². The maximum Gasteiger partial charge on any atom is 0.354 e. The fourth-order valence-electron chi connectivity index (χ4n) is 1.49. The number of aromatic carboxylic acids is 1. The third-order valence-electron chi connectivity index (χ3n) is 2.26. The Morgan fingerprint density at radius 3 is 2.56 bits per heavy atom. The molecule has 0 amide bonds. The first-order valence-corrected chi connectivity index (χ1v) is 5.42. The van der Waals surface area contributed by atoms with Crippen LogP contribution in [-0.4, -0.2) is 20.6 Å². The molecule has 4 nitrogen and oxygen atoms in total. The van der Waals surface area contributed by atoms with Crippen LogP contribution in [0.2, 0.25) is 0 Å². The number of carboxylic acids is 1. The Bertz CT molecular complexity index is 531. The zero-order valence-electron chi connectivity index (χ0n) is 8.51. The summed E-state index contributed by atoms with van der Waals surface area (Å²) in [4.78, 5) is 15.1. The summed E-state index contributed by atoms with van der Waals surface area (Å²) in [7, 11) is 0. The minimum Gasteiger partial charge on any atom is -0.477 e. The summed E-state index contributed by atoms with van der Waals surface area (Å²) in [6.45, 7) is 1.68. The van der Waals surface area contributed by atoms with E-state index in [0.29, 0.717) is 5.69 Å². The predicted molar refractivity (Wildman–Crippen MR) is 63.0 cm³/mol. The first-order valence-electron chi connectivity index (χ1n) is 4.63. The molecule has 0 spiro atoms. The molecule has 0 bridgehead atoms. The Morgan fingerprint density at radius 1 is 1.38 bits per heavy atom. The summed E-state index contributed by atoms with van der Waals surface area (Å²) in [6.07, 6.45) is 1.52. The first kappa shape index (κ1) is 10.9. The molecule has 0 saturated carbocycles. The van der Waals surface area contributed by atoms with Gasteiger partial charge in [-0.2, -0.15) is 0 Å². The molecular weight excluding hydrogens is 272 g/mol. The number of nitrogens with zero attached hydrogens (tertiary/aromatic N) is 2. The highest BCUT2D eigenvalue weighted by molar-refractivity contribution is 9.10. The minimum atomic E-state index is -0.974. The van der Waals surface area contributed by atoms with E-state index in [1.807, 2.05) is 24.3 Å². The summed E-state index contributed by atoms with van der Waals surface area (Å²) >= 11 is 3.33. The standard InChI is InChI=1S/C11H9BrN2O2/c1-7-10(11(15)16)14(6-13-7)9-4-2-8(12)3-5-9/h2-6H,1H3,(H,15,16). The van der Waals surface area contributed by atoms with Crippen molar-refractivity contribution in [3.8, 4) is 5.69 Å². The normalized spacial score (nSPS) is 10.4. The number of rotatable bonds is 2. The molecule has 0 atom stereocenters. The van der Waals surface area contributed by atoms with E-state index in [0.717, 1.165) is 10.2 Å². The third-order valence-corrected chi connectivity index (χ3v) is 2.79. The topological polar surface area (TPSA) is 55.1 Å². The number of hydrogen-bond donors (Lipinski definition) is 1. The van der Waals surface area contributed by atoms with Crippen LogP contribution in [0.3, 0.4) is 0 Å². The van der Waals surface area contributed by atoms with Crippen molar-refractivity contribution in [2.45, 2.75) is 6.92 Å². The lowest BCUT2D eigenvalue weighted by molar-refractivity contribution is 0.0687. The van der Waals surface area contributed by atoms with Crippen LogP contribution in [0.25, 0.3) is 5.69 Å². The van der Waals surface area contributed by atoms with E-state index in [9.17, 15) is 4.79 Å². The maximum absolute atomic E-state index is 11.1. The van der Waals surface area contributed by atoms with E-state index < -0.39 is 5.97 Å². The van der Waals surface area contributed by atoms with Crippen LogP contribution < -0.4 is 0 Å². The van der Waals surface area contributed by atoms with Gasteiger partial charge in [-0.15, -0.1) is 0 Å². The van der Waals surface area contributed by atoms with Crippen molar-refractivity contribution in [1.82, 2.24) is 9.55 Å². The van der Waals surface area contributed by atoms with Gasteiger partial charge >= 0.3 is 5.97 Å². The minimum absolute atomic E-state index is 0.197. The first-order chi connectivity index (χ1) is 7.59. The second-order valence-corrected chi connectivity index (χ2v) is 4.25. The van der Waals surface area contributed by atoms with Crippen LogP contribution in [0, 0.1) is 6.92 Å². The molecule has 0 aliphatic rings. The average Bonchev–Trinajstić information content (AvgIpc) is 2.61. The van der Waals surface area contributed by atoms with Crippen molar-refractivity contribution in [2.24, 2.45) is 0 Å². The van der Waals surface area contributed by atoms with Crippen molar-refractivity contribution < 1.29 is 9.90 Å². The van der Waals surface area contributed by atoms with Gasteiger partial charge in [-0.1, -0.05) is 15.9 Å². The summed E-state index contributed by atoms with van der Waals surface area (Å²) in [6, 6.07) is 7.38. The van der Waals surface area contributed by atoms with Gasteiger partial charge in [0.15, 0.2) is 5.69 Å². The van der Waals surface area contributed by atoms with Gasteiger partial charge in [0.2, 0.25) is 0 Å². The zero-order chi connectivity index (χ0) is 11.7. The summed E-state index contributed by atoms with van der Waals surface area (Å²) in [5.74, 6) is -0.974. The molecule has 1 aromatic heterocycles. The van der Waals surface area contributed by atoms with Crippen molar-refractivity contribution in [1.29, 1.82) is 0 Å². The van der Waals surface area contributed by atoms with Gasteiger partial charge in [-0.3, -0.25) is 4.57 Å². The van der Waals surface area contributed by atoms with Gasteiger partial charge in [0.1, 0.15) is 6.33 Å². The van der Waals surface area contributed by atoms with Crippen LogP contribution in [0.4, 0.5) is 0 Å². The summed E-state index contributed by atoms with van der Waals surface area (Å²) in [5, 5.41) is 9.08. The van der Waals surface area contributed by atoms with Crippen LogP contribution in [0.1, 0.15) is 16.2 Å². The molecule has 0 saturated heterocycles. The third kappa shape index (κ3) is 1.86. The molecule has 1 aromatic carbocycles. The molecule has 0 aliphatic heterocycles. The lowest BCUT2D eigenvalue weighted by atomic mass is 10.3. The van der Waals surface area contributed by atoms with E-state index >= 15 is 0 Å². The van der Waals surface area contributed by atoms with Gasteiger partial charge in [-0.25, -0.2) is 9.78 Å². The van der Waals surface area contributed by atoms with Crippen molar-refractivity contribution in [3.63, 3.8) is 0 Å². The molecule has 2 aromatic rings. The molecule has 5 heteroatoms. The lowest BCUT2D eigenvalue weighted by Gasteiger charge is -2.05. The fourth-order valence-corrected chi connectivity index (χ4v) is 1.76. The van der Waals surface area contributed by atoms with Gasteiger partial charge in [0, 0.05) is 10.2 Å². The SMILES string of the molecule is Cc1ncn(-c2ccc(Br)cc2)c1C(=O)O. The average molecular weight is 281 g/mol. The molecule has 1 heterocycles. The summed E-state index contributed by atoms with van der Waals surface area (Å²) < 4.78 is 2.51. The highest BCUT2D eigenvalue weighted by Crippen LogP contribution is 2.17. The Balaban J connectivity index is 2.56. The number of carbonyl (C=O) groups is 1. The monoisotopic (exact) mass is 280 g/mol.